The van der Waals surface area contributed by atoms with E-state index in [1.54, 1.807) is 18.5 Å². The molecule has 2 aromatic rings. The smallest absolute Gasteiger partial charge is 0.270 e. The highest BCUT2D eigenvalue weighted by Gasteiger charge is 2.49. The van der Waals surface area contributed by atoms with Gasteiger partial charge < -0.3 is 9.73 Å². The number of nitrogens with zero attached hydrogens (tertiary/aromatic N) is 2. The largest absolute Gasteiger partial charge is 0.463 e. The average molecular weight is 299 g/mol. The van der Waals surface area contributed by atoms with Gasteiger partial charge >= 0.3 is 0 Å². The third-order valence-corrected chi connectivity index (χ3v) is 5.75. The van der Waals surface area contributed by atoms with E-state index >= 15 is 0 Å². The van der Waals surface area contributed by atoms with Crippen molar-refractivity contribution in [1.29, 1.82) is 0 Å². The number of piperidine rings is 3. The summed E-state index contributed by atoms with van der Waals surface area (Å²) in [6.07, 6.45) is 5.56. The Kier molecular flexibility index (Phi) is 3.01. The van der Waals surface area contributed by atoms with E-state index in [0.29, 0.717) is 23.2 Å². The Morgan fingerprint density at radius 2 is 2.23 bits per heavy atom. The molecule has 5 heteroatoms. The molecule has 22 heavy (non-hydrogen) atoms. The summed E-state index contributed by atoms with van der Waals surface area (Å²) in [6, 6.07) is 4.01. The van der Waals surface area contributed by atoms with Crippen LogP contribution in [-0.2, 0) is 0 Å². The van der Waals surface area contributed by atoms with Crippen molar-refractivity contribution < 1.29 is 9.21 Å². The van der Waals surface area contributed by atoms with Crippen molar-refractivity contribution in [3.8, 4) is 0 Å². The predicted octanol–water partition coefficient (Wildman–Crippen LogP) is 2.43. The molecule has 1 amide bonds. The minimum Gasteiger partial charge on any atom is -0.463 e. The van der Waals surface area contributed by atoms with E-state index in [2.05, 4.69) is 29.0 Å². The number of nitrogens with one attached hydrogen (secondary N) is 1. The molecule has 3 saturated heterocycles. The van der Waals surface area contributed by atoms with Crippen molar-refractivity contribution in [1.82, 2.24) is 15.2 Å². The lowest BCUT2D eigenvalue weighted by Crippen LogP contribution is -2.70. The van der Waals surface area contributed by atoms with E-state index in [1.807, 2.05) is 6.07 Å². The molecule has 0 saturated carbocycles. The lowest BCUT2D eigenvalue weighted by molar-refractivity contribution is -0.0291. The van der Waals surface area contributed by atoms with Gasteiger partial charge in [0.2, 0.25) is 0 Å². The topological polar surface area (TPSA) is 58.4 Å². The molecule has 116 valence electrons. The Labute approximate surface area is 129 Å². The number of hydrogen-bond acceptors (Lipinski definition) is 4. The number of rotatable bonds is 2. The summed E-state index contributed by atoms with van der Waals surface area (Å²) in [7, 11) is 0. The number of fused-ring (bicyclic) bond motifs is 4. The summed E-state index contributed by atoms with van der Waals surface area (Å²) in [5.74, 6) is 0.459. The SMILES string of the molecule is C[C@@H]1N2CCC(CC2)[C@@]1(C)NC(=O)c1cc2ccoc2cn1. The Morgan fingerprint density at radius 1 is 1.45 bits per heavy atom. The second kappa shape index (κ2) is 4.81. The molecular weight excluding hydrogens is 278 g/mol. The van der Waals surface area contributed by atoms with Gasteiger partial charge in [-0.25, -0.2) is 4.98 Å². The van der Waals surface area contributed by atoms with Crippen LogP contribution in [0.4, 0.5) is 0 Å². The van der Waals surface area contributed by atoms with E-state index in [9.17, 15) is 4.79 Å². The van der Waals surface area contributed by atoms with Crippen LogP contribution in [-0.4, -0.2) is 40.5 Å². The second-order valence-electron chi connectivity index (χ2n) is 6.75. The van der Waals surface area contributed by atoms with Gasteiger partial charge in [-0.1, -0.05) is 0 Å². The molecule has 0 spiro atoms. The molecule has 5 rings (SSSR count). The number of carbonyl (C=O) groups excluding carboxylic acids is 1. The summed E-state index contributed by atoms with van der Waals surface area (Å²) in [5, 5.41) is 4.19. The third kappa shape index (κ3) is 1.96. The highest BCUT2D eigenvalue weighted by Crippen LogP contribution is 2.40. The number of hydrogen-bond donors (Lipinski definition) is 1. The molecule has 1 N–H and O–H groups in total. The molecule has 5 nitrogen and oxygen atoms in total. The highest BCUT2D eigenvalue weighted by molar-refractivity contribution is 5.96. The second-order valence-corrected chi connectivity index (χ2v) is 6.75. The monoisotopic (exact) mass is 299 g/mol. The molecule has 2 aromatic heterocycles. The lowest BCUT2D eigenvalue weighted by Gasteiger charge is -2.56. The van der Waals surface area contributed by atoms with Gasteiger partial charge in [-0.2, -0.15) is 0 Å². The summed E-state index contributed by atoms with van der Waals surface area (Å²) in [5.41, 5.74) is 0.985. The fraction of sp³-hybridized carbons (Fsp3) is 0.529. The molecule has 2 atom stereocenters. The average Bonchev–Trinajstić information content (AvgIpc) is 3.00. The first-order valence-corrected chi connectivity index (χ1v) is 7.98. The van der Waals surface area contributed by atoms with E-state index in [0.717, 1.165) is 31.3 Å². The van der Waals surface area contributed by atoms with Crippen LogP contribution >= 0.6 is 0 Å². The standard InChI is InChI=1S/C17H21N3O2/c1-11-17(2,13-3-6-20(11)7-4-13)19-16(21)14-9-12-5-8-22-15(12)10-18-14/h5,8-11,13H,3-4,6-7H2,1-2H3,(H,19,21)/t11-,17-/m0/s1. The van der Waals surface area contributed by atoms with Gasteiger partial charge in [-0.15, -0.1) is 0 Å². The van der Waals surface area contributed by atoms with Gasteiger partial charge in [0.05, 0.1) is 18.0 Å². The zero-order chi connectivity index (χ0) is 15.3. The van der Waals surface area contributed by atoms with Gasteiger partial charge in [0.15, 0.2) is 5.58 Å². The van der Waals surface area contributed by atoms with E-state index in [-0.39, 0.29) is 11.4 Å². The fourth-order valence-corrected chi connectivity index (χ4v) is 4.11. The molecule has 0 unspecified atom stereocenters. The molecule has 3 aliphatic heterocycles. The number of furan rings is 1. The third-order valence-electron chi connectivity index (χ3n) is 5.75. The van der Waals surface area contributed by atoms with E-state index < -0.39 is 0 Å². The molecule has 2 bridgehead atoms. The molecule has 3 fully saturated rings. The molecule has 0 aliphatic carbocycles. The van der Waals surface area contributed by atoms with Gasteiger partial charge in [-0.05, 0) is 57.8 Å². The maximum absolute atomic E-state index is 12.7. The fourth-order valence-electron chi connectivity index (χ4n) is 4.11. The van der Waals surface area contributed by atoms with Crippen LogP contribution in [0.1, 0.15) is 37.2 Å². The van der Waals surface area contributed by atoms with Gasteiger partial charge in [0.1, 0.15) is 5.69 Å². The number of aromatic nitrogens is 1. The quantitative estimate of drug-likeness (QED) is 0.925. The zero-order valence-corrected chi connectivity index (χ0v) is 13.0. The maximum Gasteiger partial charge on any atom is 0.270 e. The van der Waals surface area contributed by atoms with Crippen molar-refractivity contribution in [2.24, 2.45) is 5.92 Å². The van der Waals surface area contributed by atoms with Crippen molar-refractivity contribution in [2.45, 2.75) is 38.3 Å². The summed E-state index contributed by atoms with van der Waals surface area (Å²) < 4.78 is 5.28. The summed E-state index contributed by atoms with van der Waals surface area (Å²) in [4.78, 5) is 19.4. The van der Waals surface area contributed by atoms with Crippen LogP contribution in [0.5, 0.6) is 0 Å². The van der Waals surface area contributed by atoms with Crippen molar-refractivity contribution in [3.63, 3.8) is 0 Å². The first-order valence-electron chi connectivity index (χ1n) is 7.98. The number of amides is 1. The minimum atomic E-state index is -0.180. The molecule has 0 aromatic carbocycles. The van der Waals surface area contributed by atoms with Crippen LogP contribution in [0.25, 0.3) is 11.0 Å². The van der Waals surface area contributed by atoms with Crippen LogP contribution in [0.2, 0.25) is 0 Å². The maximum atomic E-state index is 12.7. The lowest BCUT2D eigenvalue weighted by atomic mass is 9.69. The Bertz CT molecular complexity index is 714. The normalized spacial score (nSPS) is 34.0. The van der Waals surface area contributed by atoms with Gasteiger partial charge in [0, 0.05) is 11.4 Å². The number of pyridine rings is 1. The predicted molar refractivity (Wildman–Crippen MR) is 83.6 cm³/mol. The van der Waals surface area contributed by atoms with E-state index in [1.165, 1.54) is 0 Å². The van der Waals surface area contributed by atoms with Crippen molar-refractivity contribution in [2.75, 3.05) is 13.1 Å². The molecule has 0 radical (unpaired) electrons. The first-order chi connectivity index (χ1) is 10.6. The molecule has 5 heterocycles. The minimum absolute atomic E-state index is 0.0915. The van der Waals surface area contributed by atoms with Crippen molar-refractivity contribution in [3.05, 3.63) is 30.3 Å². The van der Waals surface area contributed by atoms with E-state index in [4.69, 9.17) is 4.42 Å². The van der Waals surface area contributed by atoms with Crippen LogP contribution in [0.3, 0.4) is 0 Å². The molecular formula is C17H21N3O2. The first kappa shape index (κ1) is 13.8. The van der Waals surface area contributed by atoms with Gasteiger partial charge in [-0.3, -0.25) is 9.69 Å². The van der Waals surface area contributed by atoms with Crippen LogP contribution < -0.4 is 5.32 Å². The highest BCUT2D eigenvalue weighted by atomic mass is 16.3. The van der Waals surface area contributed by atoms with Crippen LogP contribution in [0, 0.1) is 5.92 Å². The zero-order valence-electron chi connectivity index (χ0n) is 13.0. The van der Waals surface area contributed by atoms with Crippen LogP contribution in [0.15, 0.2) is 29.0 Å². The summed E-state index contributed by atoms with van der Waals surface area (Å²) in [6.45, 7) is 6.70. The number of carbonyl (C=O) groups is 1. The van der Waals surface area contributed by atoms with Gasteiger partial charge in [0.25, 0.3) is 5.91 Å². The molecule has 3 aliphatic rings. The van der Waals surface area contributed by atoms with Crippen molar-refractivity contribution >= 4 is 16.9 Å². The Balaban J connectivity index is 1.60. The Hall–Kier alpha value is -1.88. The summed E-state index contributed by atoms with van der Waals surface area (Å²) >= 11 is 0. The Morgan fingerprint density at radius 3 is 2.95 bits per heavy atom.